The normalized spacial score (nSPS) is 10.9. The molecule has 2 heterocycles. The molecule has 0 bridgehead atoms. The van der Waals surface area contributed by atoms with Crippen molar-refractivity contribution in [2.45, 2.75) is 26.2 Å². The van der Waals surface area contributed by atoms with E-state index in [4.69, 9.17) is 4.42 Å². The first-order valence-corrected chi connectivity index (χ1v) is 10.5. The van der Waals surface area contributed by atoms with Crippen LogP contribution in [0.3, 0.4) is 0 Å². The van der Waals surface area contributed by atoms with Gasteiger partial charge in [0.05, 0.1) is 17.6 Å². The Bertz CT molecular complexity index is 1150. The fourth-order valence-electron chi connectivity index (χ4n) is 3.16. The fourth-order valence-corrected chi connectivity index (χ4v) is 3.55. The van der Waals surface area contributed by atoms with Gasteiger partial charge in [-0.05, 0) is 31.5 Å². The first kappa shape index (κ1) is 20.1. The number of oxazole rings is 1. The molecule has 0 spiro atoms. The number of carbonyl (C=O) groups excluding carboxylic acids is 1. The second kappa shape index (κ2) is 9.09. The van der Waals surface area contributed by atoms with Gasteiger partial charge in [-0.25, -0.2) is 9.67 Å². The summed E-state index contributed by atoms with van der Waals surface area (Å²) in [6.07, 6.45) is 3.34. The number of rotatable bonds is 7. The molecule has 0 atom stereocenters. The van der Waals surface area contributed by atoms with E-state index in [1.807, 2.05) is 67.6 Å². The number of hydrogen-bond acceptors (Lipinski definition) is 4. The molecule has 0 fully saturated rings. The number of nitrogens with one attached hydrogen (secondary N) is 1. The van der Waals surface area contributed by atoms with Crippen molar-refractivity contribution in [2.75, 3.05) is 5.32 Å². The van der Waals surface area contributed by atoms with Crippen molar-refractivity contribution < 1.29 is 9.21 Å². The van der Waals surface area contributed by atoms with Gasteiger partial charge in [0.15, 0.2) is 11.7 Å². The summed E-state index contributed by atoms with van der Waals surface area (Å²) in [5.41, 5.74) is 2.70. The number of nitrogens with zero attached hydrogens (tertiary/aromatic N) is 3. The maximum Gasteiger partial charge on any atom is 0.225 e. The lowest BCUT2D eigenvalue weighted by Crippen LogP contribution is -2.15. The maximum atomic E-state index is 12.5. The molecule has 7 heteroatoms. The van der Waals surface area contributed by atoms with Gasteiger partial charge in [-0.2, -0.15) is 5.10 Å². The Labute approximate surface area is 183 Å². The van der Waals surface area contributed by atoms with Gasteiger partial charge in [0.25, 0.3) is 0 Å². The molecule has 0 saturated carbocycles. The van der Waals surface area contributed by atoms with Gasteiger partial charge in [-0.3, -0.25) is 4.79 Å². The van der Waals surface area contributed by atoms with E-state index in [0.717, 1.165) is 27.2 Å². The van der Waals surface area contributed by atoms with E-state index in [2.05, 4.69) is 31.3 Å². The van der Waals surface area contributed by atoms with Crippen LogP contribution in [0.5, 0.6) is 0 Å². The average Bonchev–Trinajstić information content (AvgIpc) is 3.35. The summed E-state index contributed by atoms with van der Waals surface area (Å²) in [5.74, 6) is 1.96. The predicted molar refractivity (Wildman–Crippen MR) is 120 cm³/mol. The lowest BCUT2D eigenvalue weighted by atomic mass is 10.2. The van der Waals surface area contributed by atoms with Crippen LogP contribution in [0.25, 0.3) is 17.0 Å². The smallest absolute Gasteiger partial charge is 0.225 e. The third-order valence-electron chi connectivity index (χ3n) is 4.56. The lowest BCUT2D eigenvalue weighted by Gasteiger charge is -2.09. The fraction of sp³-hybridized carbons (Fsp3) is 0.174. The van der Waals surface area contributed by atoms with Crippen LogP contribution < -0.4 is 5.32 Å². The molecule has 2 aromatic heterocycles. The van der Waals surface area contributed by atoms with Crippen LogP contribution in [-0.4, -0.2) is 20.7 Å². The van der Waals surface area contributed by atoms with E-state index in [9.17, 15) is 4.79 Å². The van der Waals surface area contributed by atoms with Crippen LogP contribution in [0, 0.1) is 6.92 Å². The number of amides is 1. The minimum absolute atomic E-state index is 0.0685. The third-order valence-corrected chi connectivity index (χ3v) is 5.05. The zero-order valence-corrected chi connectivity index (χ0v) is 18.1. The second-order valence-corrected chi connectivity index (χ2v) is 7.86. The molecule has 0 radical (unpaired) electrons. The first-order valence-electron chi connectivity index (χ1n) is 9.71. The summed E-state index contributed by atoms with van der Waals surface area (Å²) in [7, 11) is 0. The molecule has 0 aliphatic carbocycles. The number of carbonyl (C=O) groups is 1. The Kier molecular flexibility index (Phi) is 6.09. The second-order valence-electron chi connectivity index (χ2n) is 6.95. The Hall–Kier alpha value is -3.19. The van der Waals surface area contributed by atoms with Gasteiger partial charge < -0.3 is 9.73 Å². The lowest BCUT2D eigenvalue weighted by molar-refractivity contribution is -0.116. The first-order chi connectivity index (χ1) is 14.6. The van der Waals surface area contributed by atoms with Gasteiger partial charge >= 0.3 is 0 Å². The highest BCUT2D eigenvalue weighted by atomic mass is 79.9. The molecule has 1 amide bonds. The van der Waals surface area contributed by atoms with Crippen LogP contribution in [0.4, 0.5) is 5.82 Å². The predicted octanol–water partition coefficient (Wildman–Crippen LogP) is 5.56. The van der Waals surface area contributed by atoms with Crippen molar-refractivity contribution >= 4 is 27.7 Å². The van der Waals surface area contributed by atoms with Gasteiger partial charge in [0.1, 0.15) is 5.82 Å². The standard InChI is InChI=1S/C23H21BrN4O2/c1-16-13-21(28(27-16)19-10-5-9-18(24)14-19)26-22(29)11-6-12-23-25-15-20(30-23)17-7-3-2-4-8-17/h2-5,7-10,13-15H,6,11-12H2,1H3,(H,26,29). The number of anilines is 1. The average molecular weight is 465 g/mol. The molecule has 30 heavy (non-hydrogen) atoms. The minimum atomic E-state index is -0.0685. The monoisotopic (exact) mass is 464 g/mol. The van der Waals surface area contributed by atoms with Crippen LogP contribution in [0.2, 0.25) is 0 Å². The van der Waals surface area contributed by atoms with E-state index in [1.165, 1.54) is 0 Å². The van der Waals surface area contributed by atoms with Crippen molar-refractivity contribution in [3.05, 3.63) is 82.9 Å². The highest BCUT2D eigenvalue weighted by Gasteiger charge is 2.12. The minimum Gasteiger partial charge on any atom is -0.441 e. The Morgan fingerprint density at radius 2 is 1.97 bits per heavy atom. The molecule has 2 aromatic carbocycles. The molecule has 0 saturated heterocycles. The molecular formula is C23H21BrN4O2. The zero-order chi connectivity index (χ0) is 20.9. The Morgan fingerprint density at radius 3 is 2.77 bits per heavy atom. The quantitative estimate of drug-likeness (QED) is 0.388. The third kappa shape index (κ3) is 4.86. The summed E-state index contributed by atoms with van der Waals surface area (Å²) in [6.45, 7) is 1.90. The maximum absolute atomic E-state index is 12.5. The molecule has 6 nitrogen and oxygen atoms in total. The van der Waals surface area contributed by atoms with Crippen LogP contribution in [-0.2, 0) is 11.2 Å². The van der Waals surface area contributed by atoms with E-state index in [0.29, 0.717) is 31.0 Å². The summed E-state index contributed by atoms with van der Waals surface area (Å²) in [4.78, 5) is 16.8. The van der Waals surface area contributed by atoms with Crippen molar-refractivity contribution in [1.82, 2.24) is 14.8 Å². The summed E-state index contributed by atoms with van der Waals surface area (Å²) >= 11 is 3.47. The molecule has 0 unspecified atom stereocenters. The SMILES string of the molecule is Cc1cc(NC(=O)CCCc2ncc(-c3ccccc3)o2)n(-c2cccc(Br)c2)n1. The van der Waals surface area contributed by atoms with E-state index >= 15 is 0 Å². The Morgan fingerprint density at radius 1 is 1.13 bits per heavy atom. The molecule has 4 aromatic rings. The molecule has 0 aliphatic rings. The van der Waals surface area contributed by atoms with Crippen molar-refractivity contribution in [1.29, 1.82) is 0 Å². The highest BCUT2D eigenvalue weighted by molar-refractivity contribution is 9.10. The van der Waals surface area contributed by atoms with Crippen LogP contribution in [0.15, 0.2) is 75.8 Å². The van der Waals surface area contributed by atoms with E-state index in [-0.39, 0.29) is 5.91 Å². The summed E-state index contributed by atoms with van der Waals surface area (Å²) in [6, 6.07) is 19.5. The summed E-state index contributed by atoms with van der Waals surface area (Å²) in [5, 5.41) is 7.45. The van der Waals surface area contributed by atoms with Gasteiger partial charge in [-0.1, -0.05) is 52.3 Å². The van der Waals surface area contributed by atoms with E-state index in [1.54, 1.807) is 10.9 Å². The van der Waals surface area contributed by atoms with Crippen LogP contribution in [0.1, 0.15) is 24.4 Å². The number of aromatic nitrogens is 3. The number of aryl methyl sites for hydroxylation is 2. The molecule has 152 valence electrons. The van der Waals surface area contributed by atoms with Crippen molar-refractivity contribution in [3.8, 4) is 17.0 Å². The largest absolute Gasteiger partial charge is 0.441 e. The molecule has 0 aliphatic heterocycles. The number of halogens is 1. The Balaban J connectivity index is 1.34. The number of hydrogen-bond donors (Lipinski definition) is 1. The van der Waals surface area contributed by atoms with E-state index < -0.39 is 0 Å². The van der Waals surface area contributed by atoms with Gasteiger partial charge in [0, 0.05) is 28.9 Å². The molecule has 1 N–H and O–H groups in total. The molecule has 4 rings (SSSR count). The topological polar surface area (TPSA) is 73.0 Å². The summed E-state index contributed by atoms with van der Waals surface area (Å²) < 4.78 is 8.48. The van der Waals surface area contributed by atoms with Crippen molar-refractivity contribution in [2.24, 2.45) is 0 Å². The van der Waals surface area contributed by atoms with Gasteiger partial charge in [0.2, 0.25) is 5.91 Å². The highest BCUT2D eigenvalue weighted by Crippen LogP contribution is 2.22. The van der Waals surface area contributed by atoms with Gasteiger partial charge in [-0.15, -0.1) is 0 Å². The van der Waals surface area contributed by atoms with Crippen molar-refractivity contribution in [3.63, 3.8) is 0 Å². The zero-order valence-electron chi connectivity index (χ0n) is 16.5. The van der Waals surface area contributed by atoms with Crippen LogP contribution >= 0.6 is 15.9 Å². The molecular weight excluding hydrogens is 444 g/mol. The number of benzene rings is 2.